The van der Waals surface area contributed by atoms with Crippen LogP contribution in [0.25, 0.3) is 39.1 Å². The Morgan fingerprint density at radius 1 is 0.978 bits per heavy atom. The number of aliphatic hydroxyl groups is 2. The van der Waals surface area contributed by atoms with Crippen molar-refractivity contribution >= 4 is 22.5 Å². The monoisotopic (exact) mass is 640 g/mol. The zero-order valence-electron chi connectivity index (χ0n) is 26.1. The quantitative estimate of drug-likeness (QED) is 0.194. The third-order valence-corrected chi connectivity index (χ3v) is 9.30. The Balaban J connectivity index is 1.17. The number of benzene rings is 2. The summed E-state index contributed by atoms with van der Waals surface area (Å²) in [7, 11) is 3.27. The number of hydrogen-bond acceptors (Lipinski definition) is 9. The van der Waals surface area contributed by atoms with Gasteiger partial charge in [0.2, 0.25) is 5.88 Å². The van der Waals surface area contributed by atoms with Crippen LogP contribution in [0, 0.1) is 0 Å². The summed E-state index contributed by atoms with van der Waals surface area (Å²) in [6.07, 6.45) is 4.98. The van der Waals surface area contributed by atoms with Crippen LogP contribution in [0.2, 0.25) is 5.02 Å². The lowest BCUT2D eigenvalue weighted by Gasteiger charge is -2.44. The maximum atomic E-state index is 10.1. The smallest absolute Gasteiger partial charge is 0.218 e. The standard InChI is InChI=1S/C35H37ClN6O4/c1-35(44)19-41(20-35)18-22-16-38-32(14-31(22)45-2)42-30-9-5-6-25(28(30)17-39-42)26-7-4-8-27(33(26)36)29-11-10-21(34(40-29)46-3)15-37-23-12-24(43)13-23/h4-11,14,16-17,23-24,37,43-44H,12-13,15,18-20H2,1-3H3. The largest absolute Gasteiger partial charge is 0.496 e. The van der Waals surface area contributed by atoms with E-state index in [0.29, 0.717) is 54.6 Å². The number of β-amino-alcohol motifs (C(OH)–C–C–N with tert-alkyl or cyclic N) is 1. The second-order valence-corrected chi connectivity index (χ2v) is 12.9. The van der Waals surface area contributed by atoms with E-state index < -0.39 is 5.60 Å². The fourth-order valence-electron chi connectivity index (χ4n) is 6.49. The molecule has 1 saturated carbocycles. The second-order valence-electron chi connectivity index (χ2n) is 12.5. The highest BCUT2D eigenvalue weighted by molar-refractivity contribution is 6.36. The van der Waals surface area contributed by atoms with Crippen molar-refractivity contribution in [3.8, 4) is 39.8 Å². The number of likely N-dealkylation sites (tertiary alicyclic amines) is 1. The first kappa shape index (κ1) is 30.6. The number of hydrogen-bond donors (Lipinski definition) is 3. The number of fused-ring (bicyclic) bond motifs is 1. The van der Waals surface area contributed by atoms with Crippen LogP contribution in [-0.4, -0.2) is 79.9 Å². The molecule has 7 rings (SSSR count). The molecule has 1 saturated heterocycles. The zero-order chi connectivity index (χ0) is 32.0. The minimum absolute atomic E-state index is 0.206. The molecule has 4 heterocycles. The van der Waals surface area contributed by atoms with Gasteiger partial charge in [0.05, 0.1) is 48.4 Å². The zero-order valence-corrected chi connectivity index (χ0v) is 26.8. The molecule has 238 valence electrons. The van der Waals surface area contributed by atoms with E-state index in [1.165, 1.54) is 0 Å². The molecule has 2 aromatic carbocycles. The Hall–Kier alpha value is -4.06. The summed E-state index contributed by atoms with van der Waals surface area (Å²) < 4.78 is 13.2. The summed E-state index contributed by atoms with van der Waals surface area (Å²) >= 11 is 7.12. The van der Waals surface area contributed by atoms with Gasteiger partial charge < -0.3 is 25.0 Å². The average molecular weight is 641 g/mol. The van der Waals surface area contributed by atoms with E-state index in [0.717, 1.165) is 57.3 Å². The van der Waals surface area contributed by atoms with Crippen LogP contribution in [0.3, 0.4) is 0 Å². The molecule has 11 heteroatoms. The minimum atomic E-state index is -0.637. The summed E-state index contributed by atoms with van der Waals surface area (Å²) in [5, 5.41) is 29.4. The Labute approximate surface area is 272 Å². The molecular formula is C35H37ClN6O4. The number of aliphatic hydroxyl groups excluding tert-OH is 1. The summed E-state index contributed by atoms with van der Waals surface area (Å²) in [5.74, 6) is 1.90. The number of nitrogens with one attached hydrogen (secondary N) is 1. The number of rotatable bonds is 10. The lowest BCUT2D eigenvalue weighted by molar-refractivity contribution is -0.0873. The molecule has 1 aliphatic heterocycles. The van der Waals surface area contributed by atoms with Gasteiger partial charge in [-0.15, -0.1) is 0 Å². The lowest BCUT2D eigenvalue weighted by Crippen LogP contribution is -2.59. The van der Waals surface area contributed by atoms with Crippen LogP contribution >= 0.6 is 11.6 Å². The molecule has 0 radical (unpaired) electrons. The predicted molar refractivity (Wildman–Crippen MR) is 177 cm³/mol. The topological polar surface area (TPSA) is 118 Å². The predicted octanol–water partition coefficient (Wildman–Crippen LogP) is 5.00. The van der Waals surface area contributed by atoms with Gasteiger partial charge in [-0.1, -0.05) is 48.0 Å². The van der Waals surface area contributed by atoms with E-state index in [4.69, 9.17) is 36.1 Å². The number of methoxy groups -OCH3 is 2. The van der Waals surface area contributed by atoms with E-state index in [9.17, 15) is 10.2 Å². The molecule has 2 fully saturated rings. The minimum Gasteiger partial charge on any atom is -0.496 e. The van der Waals surface area contributed by atoms with Crippen molar-refractivity contribution in [1.29, 1.82) is 0 Å². The van der Waals surface area contributed by atoms with E-state index in [2.05, 4.69) is 10.2 Å². The van der Waals surface area contributed by atoms with Gasteiger partial charge in [-0.05, 0) is 37.5 Å². The SMILES string of the molecule is COc1cc(-n2ncc3c(-c4cccc(-c5ccc(CNC6CC(O)C6)c(OC)n5)c4Cl)cccc32)ncc1CN1CC(C)(O)C1. The van der Waals surface area contributed by atoms with Crippen molar-refractivity contribution in [2.75, 3.05) is 27.3 Å². The first-order valence-electron chi connectivity index (χ1n) is 15.4. The van der Waals surface area contributed by atoms with Crippen molar-refractivity contribution in [2.24, 2.45) is 0 Å². The highest BCUT2D eigenvalue weighted by atomic mass is 35.5. The first-order chi connectivity index (χ1) is 22.2. The van der Waals surface area contributed by atoms with Gasteiger partial charge in [-0.25, -0.2) is 14.6 Å². The molecule has 10 nitrogen and oxygen atoms in total. The molecule has 1 aliphatic carbocycles. The third kappa shape index (κ3) is 5.83. The summed E-state index contributed by atoms with van der Waals surface area (Å²) in [6, 6.07) is 18.2. The van der Waals surface area contributed by atoms with Gasteiger partial charge in [0.25, 0.3) is 0 Å². The number of aromatic nitrogens is 4. The van der Waals surface area contributed by atoms with Crippen LogP contribution in [0.4, 0.5) is 0 Å². The van der Waals surface area contributed by atoms with Gasteiger partial charge in [-0.2, -0.15) is 5.10 Å². The average Bonchev–Trinajstić information content (AvgIpc) is 3.46. The van der Waals surface area contributed by atoms with E-state index in [1.54, 1.807) is 18.9 Å². The molecule has 0 atom stereocenters. The van der Waals surface area contributed by atoms with Crippen LogP contribution < -0.4 is 14.8 Å². The van der Waals surface area contributed by atoms with Crippen LogP contribution in [0.5, 0.6) is 11.6 Å². The summed E-state index contributed by atoms with van der Waals surface area (Å²) in [5.41, 5.74) is 5.48. The Morgan fingerprint density at radius 2 is 1.74 bits per heavy atom. The van der Waals surface area contributed by atoms with Crippen molar-refractivity contribution in [1.82, 2.24) is 30.0 Å². The van der Waals surface area contributed by atoms with Crippen molar-refractivity contribution in [3.05, 3.63) is 83.1 Å². The van der Waals surface area contributed by atoms with Crippen LogP contribution in [-0.2, 0) is 13.1 Å². The van der Waals surface area contributed by atoms with Gasteiger partial charge in [0.15, 0.2) is 5.82 Å². The molecule has 0 bridgehead atoms. The number of ether oxygens (including phenoxy) is 2. The van der Waals surface area contributed by atoms with Gasteiger partial charge in [0, 0.05) is 72.1 Å². The number of halogens is 1. The van der Waals surface area contributed by atoms with Gasteiger partial charge >= 0.3 is 0 Å². The second kappa shape index (κ2) is 12.3. The normalized spacial score (nSPS) is 19.1. The molecule has 5 aromatic rings. The maximum absolute atomic E-state index is 10.1. The van der Waals surface area contributed by atoms with Crippen molar-refractivity contribution in [2.45, 2.75) is 50.6 Å². The first-order valence-corrected chi connectivity index (χ1v) is 15.8. The molecular weight excluding hydrogens is 604 g/mol. The molecule has 46 heavy (non-hydrogen) atoms. The molecule has 0 unspecified atom stereocenters. The van der Waals surface area contributed by atoms with Crippen LogP contribution in [0.15, 0.2) is 67.0 Å². The summed E-state index contributed by atoms with van der Waals surface area (Å²) in [6.45, 7) is 4.34. The number of pyridine rings is 2. The van der Waals surface area contributed by atoms with Crippen molar-refractivity contribution in [3.63, 3.8) is 0 Å². The molecule has 3 N–H and O–H groups in total. The Morgan fingerprint density at radius 3 is 2.48 bits per heavy atom. The fourth-order valence-corrected chi connectivity index (χ4v) is 6.82. The van der Waals surface area contributed by atoms with E-state index >= 15 is 0 Å². The highest BCUT2D eigenvalue weighted by Crippen LogP contribution is 2.40. The Kier molecular flexibility index (Phi) is 8.16. The van der Waals surface area contributed by atoms with E-state index in [1.807, 2.05) is 73.9 Å². The summed E-state index contributed by atoms with van der Waals surface area (Å²) in [4.78, 5) is 11.7. The van der Waals surface area contributed by atoms with E-state index in [-0.39, 0.29) is 6.10 Å². The molecule has 2 aliphatic rings. The molecule has 0 spiro atoms. The fraction of sp³-hybridized carbons (Fsp3) is 0.343. The highest BCUT2D eigenvalue weighted by Gasteiger charge is 2.36. The molecule has 0 amide bonds. The van der Waals surface area contributed by atoms with Gasteiger partial charge in [0.1, 0.15) is 5.75 Å². The van der Waals surface area contributed by atoms with Gasteiger partial charge in [-0.3, -0.25) is 4.90 Å². The number of nitrogens with zero attached hydrogens (tertiary/aromatic N) is 5. The lowest BCUT2D eigenvalue weighted by atomic mass is 9.89. The molecule has 3 aromatic heterocycles. The van der Waals surface area contributed by atoms with Crippen molar-refractivity contribution < 1.29 is 19.7 Å². The third-order valence-electron chi connectivity index (χ3n) is 8.89. The Bertz CT molecular complexity index is 1900. The maximum Gasteiger partial charge on any atom is 0.218 e. The van der Waals surface area contributed by atoms with Crippen LogP contribution in [0.1, 0.15) is 30.9 Å².